The first kappa shape index (κ1) is 10.2. The van der Waals surface area contributed by atoms with Crippen molar-refractivity contribution in [1.82, 2.24) is 4.98 Å². The number of nitrogens with zero attached hydrogens (tertiary/aromatic N) is 1. The van der Waals surface area contributed by atoms with Crippen LogP contribution in [0.25, 0.3) is 10.2 Å². The second-order valence-corrected chi connectivity index (χ2v) is 4.71. The van der Waals surface area contributed by atoms with Crippen LogP contribution >= 0.6 is 46.1 Å². The standard InChI is InChI=1S/C8H2Cl3NOS/c9-3-1-4(10)6-5(2-3)12-8(14-6)7(11)13/h1-2H. The molecule has 0 aliphatic heterocycles. The number of rotatable bonds is 1. The topological polar surface area (TPSA) is 30.0 Å². The number of halogens is 3. The van der Waals surface area contributed by atoms with Gasteiger partial charge in [-0.2, -0.15) is 0 Å². The molecule has 0 amide bonds. The van der Waals surface area contributed by atoms with Gasteiger partial charge >= 0.3 is 0 Å². The van der Waals surface area contributed by atoms with Gasteiger partial charge in [-0.1, -0.05) is 23.2 Å². The van der Waals surface area contributed by atoms with Crippen molar-refractivity contribution in [2.45, 2.75) is 0 Å². The SMILES string of the molecule is O=C(Cl)c1nc2cc(Cl)cc(Cl)c2s1. The molecule has 2 rings (SSSR count). The van der Waals surface area contributed by atoms with Crippen molar-refractivity contribution in [3.63, 3.8) is 0 Å². The molecule has 1 aromatic carbocycles. The third kappa shape index (κ3) is 1.73. The molecule has 0 bridgehead atoms. The van der Waals surface area contributed by atoms with Crippen LogP contribution < -0.4 is 0 Å². The molecule has 1 heterocycles. The summed E-state index contributed by atoms with van der Waals surface area (Å²) in [6.45, 7) is 0. The van der Waals surface area contributed by atoms with Crippen LogP contribution in [0.3, 0.4) is 0 Å². The maximum atomic E-state index is 10.8. The third-order valence-electron chi connectivity index (χ3n) is 1.58. The molecule has 2 nitrogen and oxygen atoms in total. The van der Waals surface area contributed by atoms with Gasteiger partial charge in [0.05, 0.1) is 15.2 Å². The van der Waals surface area contributed by atoms with Crippen LogP contribution in [0.15, 0.2) is 12.1 Å². The number of fused-ring (bicyclic) bond motifs is 1. The highest BCUT2D eigenvalue weighted by Crippen LogP contribution is 2.32. The van der Waals surface area contributed by atoms with E-state index in [2.05, 4.69) is 4.98 Å². The monoisotopic (exact) mass is 265 g/mol. The molecule has 0 radical (unpaired) electrons. The van der Waals surface area contributed by atoms with E-state index in [1.807, 2.05) is 0 Å². The Hall–Kier alpha value is -0.350. The van der Waals surface area contributed by atoms with Gasteiger partial charge < -0.3 is 0 Å². The summed E-state index contributed by atoms with van der Waals surface area (Å²) in [5.74, 6) is 0. The third-order valence-corrected chi connectivity index (χ3v) is 3.60. The van der Waals surface area contributed by atoms with Crippen molar-refractivity contribution in [2.24, 2.45) is 0 Å². The first-order valence-corrected chi connectivity index (χ1v) is 5.48. The van der Waals surface area contributed by atoms with Gasteiger partial charge in [0.1, 0.15) is 0 Å². The molecule has 0 aliphatic rings. The molecular weight excluding hydrogens is 265 g/mol. The summed E-state index contributed by atoms with van der Waals surface area (Å²) >= 11 is 18.1. The zero-order valence-corrected chi connectivity index (χ0v) is 9.64. The molecule has 2 aromatic rings. The summed E-state index contributed by atoms with van der Waals surface area (Å²) in [6.07, 6.45) is 0. The van der Waals surface area contributed by atoms with E-state index in [4.69, 9.17) is 34.8 Å². The van der Waals surface area contributed by atoms with Crippen LogP contribution in [-0.4, -0.2) is 10.2 Å². The Morgan fingerprint density at radius 2 is 2.07 bits per heavy atom. The van der Waals surface area contributed by atoms with Gasteiger partial charge in [0.25, 0.3) is 5.24 Å². The average molecular weight is 267 g/mol. The van der Waals surface area contributed by atoms with E-state index >= 15 is 0 Å². The number of carbonyl (C=O) groups excluding carboxylic acids is 1. The lowest BCUT2D eigenvalue weighted by Gasteiger charge is -1.92. The Balaban J connectivity index is 2.76. The fraction of sp³-hybridized carbons (Fsp3) is 0. The zero-order chi connectivity index (χ0) is 10.3. The summed E-state index contributed by atoms with van der Waals surface area (Å²) in [7, 11) is 0. The fourth-order valence-electron chi connectivity index (χ4n) is 1.04. The van der Waals surface area contributed by atoms with Crippen LogP contribution in [0.4, 0.5) is 0 Å². The fourth-order valence-corrected chi connectivity index (χ4v) is 2.58. The van der Waals surface area contributed by atoms with Gasteiger partial charge in [-0.05, 0) is 23.7 Å². The minimum absolute atomic E-state index is 0.228. The van der Waals surface area contributed by atoms with Crippen molar-refractivity contribution in [3.8, 4) is 0 Å². The summed E-state index contributed by atoms with van der Waals surface area (Å²) in [6, 6.07) is 3.24. The van der Waals surface area contributed by atoms with E-state index in [1.165, 1.54) is 0 Å². The van der Waals surface area contributed by atoms with Crippen molar-refractivity contribution >= 4 is 61.6 Å². The van der Waals surface area contributed by atoms with E-state index in [9.17, 15) is 4.79 Å². The van der Waals surface area contributed by atoms with Crippen LogP contribution in [0, 0.1) is 0 Å². The Morgan fingerprint density at radius 1 is 1.36 bits per heavy atom. The van der Waals surface area contributed by atoms with E-state index in [1.54, 1.807) is 12.1 Å². The van der Waals surface area contributed by atoms with E-state index in [-0.39, 0.29) is 5.01 Å². The molecule has 0 unspecified atom stereocenters. The molecule has 72 valence electrons. The maximum Gasteiger partial charge on any atom is 0.281 e. The molecule has 0 saturated carbocycles. The second kappa shape index (κ2) is 3.66. The van der Waals surface area contributed by atoms with Crippen molar-refractivity contribution in [3.05, 3.63) is 27.2 Å². The molecule has 0 fully saturated rings. The number of aromatic nitrogens is 1. The van der Waals surface area contributed by atoms with E-state index in [0.717, 1.165) is 16.0 Å². The van der Waals surface area contributed by atoms with Crippen LogP contribution in [0.2, 0.25) is 10.0 Å². The lowest BCUT2D eigenvalue weighted by molar-refractivity contribution is 0.108. The minimum atomic E-state index is -0.585. The highest BCUT2D eigenvalue weighted by atomic mass is 35.5. The van der Waals surface area contributed by atoms with Crippen LogP contribution in [0.5, 0.6) is 0 Å². The van der Waals surface area contributed by atoms with Gasteiger partial charge in [-0.15, -0.1) is 11.3 Å². The number of carbonyl (C=O) groups is 1. The van der Waals surface area contributed by atoms with Gasteiger partial charge in [-0.25, -0.2) is 4.98 Å². The lowest BCUT2D eigenvalue weighted by atomic mass is 10.3. The van der Waals surface area contributed by atoms with Crippen LogP contribution in [0.1, 0.15) is 9.80 Å². The zero-order valence-electron chi connectivity index (χ0n) is 6.55. The van der Waals surface area contributed by atoms with Gasteiger partial charge in [0.15, 0.2) is 5.01 Å². The Kier molecular flexibility index (Phi) is 2.66. The molecule has 0 N–H and O–H groups in total. The molecule has 14 heavy (non-hydrogen) atoms. The Morgan fingerprint density at radius 3 is 2.71 bits per heavy atom. The molecular formula is C8H2Cl3NOS. The highest BCUT2D eigenvalue weighted by Gasteiger charge is 2.12. The van der Waals surface area contributed by atoms with Crippen LogP contribution in [-0.2, 0) is 0 Å². The van der Waals surface area contributed by atoms with Gasteiger partial charge in [0, 0.05) is 5.02 Å². The lowest BCUT2D eigenvalue weighted by Crippen LogP contribution is -1.84. The highest BCUT2D eigenvalue weighted by molar-refractivity contribution is 7.22. The van der Waals surface area contributed by atoms with Crippen molar-refractivity contribution in [1.29, 1.82) is 0 Å². The van der Waals surface area contributed by atoms with Crippen molar-refractivity contribution in [2.75, 3.05) is 0 Å². The number of hydrogen-bond acceptors (Lipinski definition) is 3. The quantitative estimate of drug-likeness (QED) is 0.731. The normalized spacial score (nSPS) is 10.8. The van der Waals surface area contributed by atoms with E-state index < -0.39 is 5.24 Å². The van der Waals surface area contributed by atoms with Gasteiger partial charge in [-0.3, -0.25) is 4.79 Å². The minimum Gasteiger partial charge on any atom is -0.273 e. The number of hydrogen-bond donors (Lipinski definition) is 0. The Bertz CT molecular complexity index is 523. The number of thiazole rings is 1. The molecule has 0 aliphatic carbocycles. The predicted molar refractivity (Wildman–Crippen MR) is 59.8 cm³/mol. The Labute approximate surface area is 98.4 Å². The molecule has 0 saturated heterocycles. The molecule has 0 atom stereocenters. The van der Waals surface area contributed by atoms with Gasteiger partial charge in [0.2, 0.25) is 0 Å². The largest absolute Gasteiger partial charge is 0.281 e. The predicted octanol–water partition coefficient (Wildman–Crippen LogP) is 3.98. The molecule has 6 heteroatoms. The first-order valence-electron chi connectivity index (χ1n) is 3.53. The first-order chi connectivity index (χ1) is 6.58. The second-order valence-electron chi connectivity index (χ2n) is 2.53. The number of benzene rings is 1. The smallest absolute Gasteiger partial charge is 0.273 e. The summed E-state index contributed by atoms with van der Waals surface area (Å²) in [5, 5.41) is 0.611. The summed E-state index contributed by atoms with van der Waals surface area (Å²) < 4.78 is 0.722. The summed E-state index contributed by atoms with van der Waals surface area (Å²) in [5.41, 5.74) is 0.594. The summed E-state index contributed by atoms with van der Waals surface area (Å²) in [4.78, 5) is 14.9. The van der Waals surface area contributed by atoms with E-state index in [0.29, 0.717) is 15.6 Å². The maximum absolute atomic E-state index is 10.8. The van der Waals surface area contributed by atoms with Crippen molar-refractivity contribution < 1.29 is 4.79 Å². The average Bonchev–Trinajstić information content (AvgIpc) is 2.47. The molecule has 1 aromatic heterocycles. The molecule has 0 spiro atoms.